The van der Waals surface area contributed by atoms with Crippen molar-refractivity contribution in [3.05, 3.63) is 35.7 Å². The van der Waals surface area contributed by atoms with Crippen LogP contribution in [0.4, 0.5) is 0 Å². The smallest absolute Gasteiger partial charge is 0.336 e. The van der Waals surface area contributed by atoms with Crippen LogP contribution in [0.2, 0.25) is 0 Å². The normalized spacial score (nSPS) is 10.5. The number of carbonyl (C=O) groups is 1. The van der Waals surface area contributed by atoms with Gasteiger partial charge in [0.15, 0.2) is 0 Å². The van der Waals surface area contributed by atoms with Gasteiger partial charge in [-0.2, -0.15) is 0 Å². The highest BCUT2D eigenvalue weighted by atomic mass is 16.5. The summed E-state index contributed by atoms with van der Waals surface area (Å²) in [5, 5.41) is 16.7. The van der Waals surface area contributed by atoms with Gasteiger partial charge in [0.05, 0.1) is 11.1 Å². The van der Waals surface area contributed by atoms with Crippen LogP contribution in [0.1, 0.15) is 23.2 Å². The van der Waals surface area contributed by atoms with Gasteiger partial charge in [0.2, 0.25) is 11.8 Å². The molecule has 0 radical (unpaired) electrons. The minimum atomic E-state index is -1.03. The quantitative estimate of drug-likeness (QED) is 0.870. The Morgan fingerprint density at radius 1 is 1.39 bits per heavy atom. The first-order valence-electron chi connectivity index (χ1n) is 5.45. The third-order valence-corrected chi connectivity index (χ3v) is 2.28. The zero-order chi connectivity index (χ0) is 13.0. The molecule has 1 heterocycles. The van der Waals surface area contributed by atoms with Gasteiger partial charge in [-0.1, -0.05) is 12.1 Å². The Kier molecular flexibility index (Phi) is 3.69. The number of nitrogens with zero attached hydrogens (tertiary/aromatic N) is 2. The maximum absolute atomic E-state index is 11.1. The van der Waals surface area contributed by atoms with E-state index in [0.29, 0.717) is 18.1 Å². The molecule has 1 aromatic carbocycles. The van der Waals surface area contributed by atoms with Crippen LogP contribution in [0.25, 0.3) is 11.5 Å². The predicted octanol–water partition coefficient (Wildman–Crippen LogP) is 1.97. The Hall–Kier alpha value is -2.21. The van der Waals surface area contributed by atoms with Gasteiger partial charge in [0.25, 0.3) is 0 Å². The molecule has 18 heavy (non-hydrogen) atoms. The molecule has 0 amide bonds. The molecule has 0 aliphatic rings. The first kappa shape index (κ1) is 12.3. The van der Waals surface area contributed by atoms with Crippen LogP contribution < -0.4 is 0 Å². The molecule has 0 spiro atoms. The number of ether oxygens (including phenoxy) is 1. The van der Waals surface area contributed by atoms with Crippen molar-refractivity contribution in [1.82, 2.24) is 10.2 Å². The molecule has 1 N–H and O–H groups in total. The van der Waals surface area contributed by atoms with Crippen molar-refractivity contribution in [2.75, 3.05) is 6.61 Å². The summed E-state index contributed by atoms with van der Waals surface area (Å²) < 4.78 is 10.5. The van der Waals surface area contributed by atoms with Gasteiger partial charge in [-0.05, 0) is 19.1 Å². The largest absolute Gasteiger partial charge is 0.478 e. The summed E-state index contributed by atoms with van der Waals surface area (Å²) in [5.74, 6) is -0.523. The highest BCUT2D eigenvalue weighted by molar-refractivity contribution is 5.94. The standard InChI is InChI=1S/C12H12N2O4/c1-2-17-7-10-13-14-11(18-10)8-5-3-4-6-9(8)12(15)16/h3-6H,2,7H2,1H3,(H,15,16). The Morgan fingerprint density at radius 3 is 2.89 bits per heavy atom. The molecule has 0 fully saturated rings. The van der Waals surface area contributed by atoms with Gasteiger partial charge in [-0.3, -0.25) is 0 Å². The third-order valence-electron chi connectivity index (χ3n) is 2.28. The first-order chi connectivity index (χ1) is 8.72. The Morgan fingerprint density at radius 2 is 2.17 bits per heavy atom. The second kappa shape index (κ2) is 5.42. The number of hydrogen-bond acceptors (Lipinski definition) is 5. The molecule has 0 unspecified atom stereocenters. The molecule has 2 aromatic rings. The number of carboxylic acids is 1. The molecular formula is C12H12N2O4. The van der Waals surface area contributed by atoms with Gasteiger partial charge in [0.1, 0.15) is 6.61 Å². The van der Waals surface area contributed by atoms with Gasteiger partial charge in [-0.15, -0.1) is 10.2 Å². The fourth-order valence-corrected chi connectivity index (χ4v) is 1.47. The lowest BCUT2D eigenvalue weighted by molar-refractivity contribution is 0.0697. The molecule has 0 saturated carbocycles. The second-order valence-electron chi connectivity index (χ2n) is 3.49. The highest BCUT2D eigenvalue weighted by Crippen LogP contribution is 2.22. The number of aromatic carboxylic acids is 1. The summed E-state index contributed by atoms with van der Waals surface area (Å²) in [5.41, 5.74) is 0.532. The zero-order valence-electron chi connectivity index (χ0n) is 9.79. The highest BCUT2D eigenvalue weighted by Gasteiger charge is 2.16. The van der Waals surface area contributed by atoms with Crippen LogP contribution in [-0.4, -0.2) is 27.9 Å². The van der Waals surface area contributed by atoms with Crippen LogP contribution in [0.15, 0.2) is 28.7 Å². The Bertz CT molecular complexity index is 551. The Balaban J connectivity index is 2.31. The summed E-state index contributed by atoms with van der Waals surface area (Å²) in [6.45, 7) is 2.62. The van der Waals surface area contributed by atoms with E-state index in [1.165, 1.54) is 6.07 Å². The molecule has 6 nitrogen and oxygen atoms in total. The van der Waals surface area contributed by atoms with Gasteiger partial charge in [-0.25, -0.2) is 4.79 Å². The van der Waals surface area contributed by atoms with Crippen molar-refractivity contribution in [2.45, 2.75) is 13.5 Å². The molecule has 0 aliphatic heterocycles. The van der Waals surface area contributed by atoms with Gasteiger partial charge < -0.3 is 14.3 Å². The van der Waals surface area contributed by atoms with E-state index >= 15 is 0 Å². The van der Waals surface area contributed by atoms with Crippen LogP contribution in [0, 0.1) is 0 Å². The van der Waals surface area contributed by atoms with Crippen LogP contribution in [0.3, 0.4) is 0 Å². The molecule has 0 atom stereocenters. The first-order valence-corrected chi connectivity index (χ1v) is 5.45. The molecule has 6 heteroatoms. The molecule has 2 rings (SSSR count). The van der Waals surface area contributed by atoms with E-state index in [1.54, 1.807) is 18.2 Å². The summed E-state index contributed by atoms with van der Waals surface area (Å²) in [7, 11) is 0. The van der Waals surface area contributed by atoms with Crippen molar-refractivity contribution in [1.29, 1.82) is 0 Å². The van der Waals surface area contributed by atoms with Crippen molar-refractivity contribution in [2.24, 2.45) is 0 Å². The van der Waals surface area contributed by atoms with Gasteiger partial charge >= 0.3 is 5.97 Å². The fourth-order valence-electron chi connectivity index (χ4n) is 1.47. The van der Waals surface area contributed by atoms with Crippen molar-refractivity contribution < 1.29 is 19.1 Å². The molecule has 94 valence electrons. The van der Waals surface area contributed by atoms with Crippen molar-refractivity contribution >= 4 is 5.97 Å². The topological polar surface area (TPSA) is 85.5 Å². The number of rotatable bonds is 5. The van der Waals surface area contributed by atoms with E-state index in [1.807, 2.05) is 6.92 Å². The molecule has 0 aliphatic carbocycles. The van der Waals surface area contributed by atoms with Crippen molar-refractivity contribution in [3.8, 4) is 11.5 Å². The lowest BCUT2D eigenvalue weighted by atomic mass is 10.1. The van der Waals surface area contributed by atoms with Crippen LogP contribution >= 0.6 is 0 Å². The molecule has 0 saturated heterocycles. The maximum Gasteiger partial charge on any atom is 0.336 e. The summed E-state index contributed by atoms with van der Waals surface area (Å²) in [6.07, 6.45) is 0. The number of carboxylic acid groups (broad SMARTS) is 1. The molecule has 0 bridgehead atoms. The van der Waals surface area contributed by atoms with Crippen LogP contribution in [0.5, 0.6) is 0 Å². The molecular weight excluding hydrogens is 236 g/mol. The second-order valence-corrected chi connectivity index (χ2v) is 3.49. The summed E-state index contributed by atoms with van der Waals surface area (Å²) in [4.78, 5) is 11.1. The van der Waals surface area contributed by atoms with E-state index < -0.39 is 5.97 Å². The average molecular weight is 248 g/mol. The lowest BCUT2D eigenvalue weighted by Gasteiger charge is -2.00. The monoisotopic (exact) mass is 248 g/mol. The van der Waals surface area contributed by atoms with Crippen molar-refractivity contribution in [3.63, 3.8) is 0 Å². The zero-order valence-corrected chi connectivity index (χ0v) is 9.79. The van der Waals surface area contributed by atoms with E-state index in [4.69, 9.17) is 14.3 Å². The summed E-state index contributed by atoms with van der Waals surface area (Å²) >= 11 is 0. The maximum atomic E-state index is 11.1. The van der Waals surface area contributed by atoms with E-state index in [-0.39, 0.29) is 18.1 Å². The lowest BCUT2D eigenvalue weighted by Crippen LogP contribution is -1.99. The minimum absolute atomic E-state index is 0.129. The van der Waals surface area contributed by atoms with E-state index in [9.17, 15) is 4.79 Å². The number of benzene rings is 1. The Labute approximate surface area is 103 Å². The van der Waals surface area contributed by atoms with E-state index in [2.05, 4.69) is 10.2 Å². The minimum Gasteiger partial charge on any atom is -0.478 e. The fraction of sp³-hybridized carbons (Fsp3) is 0.250. The average Bonchev–Trinajstić information content (AvgIpc) is 2.85. The number of hydrogen-bond donors (Lipinski definition) is 1. The summed E-state index contributed by atoms with van der Waals surface area (Å²) in [6, 6.07) is 6.48. The van der Waals surface area contributed by atoms with Crippen LogP contribution in [-0.2, 0) is 11.3 Å². The SMILES string of the molecule is CCOCc1nnc(-c2ccccc2C(=O)O)o1. The molecule has 1 aromatic heterocycles. The number of aromatic nitrogens is 2. The van der Waals surface area contributed by atoms with Gasteiger partial charge in [0, 0.05) is 6.61 Å². The predicted molar refractivity (Wildman–Crippen MR) is 62.0 cm³/mol. The third kappa shape index (κ3) is 2.54. The van der Waals surface area contributed by atoms with E-state index in [0.717, 1.165) is 0 Å².